The predicted octanol–water partition coefficient (Wildman–Crippen LogP) is -2.09. The molecule has 2 heterocycles. The van der Waals surface area contributed by atoms with Crippen LogP contribution in [-0.4, -0.2) is 49.8 Å². The molecule has 4 N–H and O–H groups in total. The highest BCUT2D eigenvalue weighted by atomic mass is 79.9. The number of rotatable bonds is 2. The number of aromatic amines is 1. The van der Waals surface area contributed by atoms with E-state index >= 15 is 0 Å². The normalized spacial score (nSPS) is 31.8. The highest BCUT2D eigenvalue weighted by molar-refractivity contribution is 9.10. The molecule has 0 aromatic carbocycles. The predicted molar refractivity (Wildman–Crippen MR) is 62.0 cm³/mol. The zero-order valence-electron chi connectivity index (χ0n) is 8.99. The van der Waals surface area contributed by atoms with Gasteiger partial charge in [0, 0.05) is 6.20 Å². The van der Waals surface area contributed by atoms with Gasteiger partial charge in [-0.15, -0.1) is 0 Å². The molecule has 0 radical (unpaired) electrons. The molecule has 0 amide bonds. The highest BCUT2D eigenvalue weighted by Gasteiger charge is 2.43. The summed E-state index contributed by atoms with van der Waals surface area (Å²) in [5.41, 5.74) is -1.39. The lowest BCUT2D eigenvalue weighted by Gasteiger charge is -2.17. The number of aliphatic hydroxyl groups is 3. The summed E-state index contributed by atoms with van der Waals surface area (Å²) in [6.45, 7) is -0.492. The van der Waals surface area contributed by atoms with Gasteiger partial charge in [-0.2, -0.15) is 0 Å². The van der Waals surface area contributed by atoms with Crippen molar-refractivity contribution in [3.63, 3.8) is 0 Å². The van der Waals surface area contributed by atoms with Crippen LogP contribution in [0.5, 0.6) is 0 Å². The van der Waals surface area contributed by atoms with Crippen molar-refractivity contribution in [1.29, 1.82) is 0 Å². The fourth-order valence-electron chi connectivity index (χ4n) is 1.76. The van der Waals surface area contributed by atoms with Crippen molar-refractivity contribution in [2.24, 2.45) is 0 Å². The molecule has 1 fully saturated rings. The minimum Gasteiger partial charge on any atom is -0.394 e. The summed E-state index contributed by atoms with van der Waals surface area (Å²) in [5.74, 6) is 0. The molecule has 100 valence electrons. The molecule has 0 spiro atoms. The Kier molecular flexibility index (Phi) is 3.69. The van der Waals surface area contributed by atoms with Gasteiger partial charge in [-0.3, -0.25) is 14.3 Å². The summed E-state index contributed by atoms with van der Waals surface area (Å²) in [5, 5.41) is 28.3. The summed E-state index contributed by atoms with van der Waals surface area (Å²) in [7, 11) is 0. The van der Waals surface area contributed by atoms with Crippen LogP contribution in [0.2, 0.25) is 0 Å². The maximum absolute atomic E-state index is 11.6. The number of nitrogens with one attached hydrogen (secondary N) is 1. The first-order chi connectivity index (χ1) is 8.45. The van der Waals surface area contributed by atoms with Crippen LogP contribution in [0.4, 0.5) is 0 Å². The minimum atomic E-state index is -1.38. The lowest BCUT2D eigenvalue weighted by atomic mass is 10.1. The second-order valence-electron chi connectivity index (χ2n) is 3.87. The Morgan fingerprint density at radius 2 is 2.06 bits per heavy atom. The van der Waals surface area contributed by atoms with E-state index < -0.39 is 42.4 Å². The molecular weight excluding hydrogens is 312 g/mol. The number of H-pyrrole nitrogens is 1. The van der Waals surface area contributed by atoms with Gasteiger partial charge in [0.25, 0.3) is 5.56 Å². The standard InChI is InChI=1S/C9H11BrN2O6/c10-3-1-12(9(17)11-7(3)16)8-6(15)5(14)4(2-13)18-8/h1,4-6,8,13-15H,2H2,(H,11,16,17)/t4-,5?,6?,8-/m1/s1. The second kappa shape index (κ2) is 4.94. The topological polar surface area (TPSA) is 125 Å². The summed E-state index contributed by atoms with van der Waals surface area (Å²) in [4.78, 5) is 24.8. The molecule has 1 saturated heterocycles. The Labute approximate surface area is 109 Å². The van der Waals surface area contributed by atoms with Crippen LogP contribution in [0.1, 0.15) is 6.23 Å². The van der Waals surface area contributed by atoms with Gasteiger partial charge in [-0.25, -0.2) is 4.79 Å². The van der Waals surface area contributed by atoms with E-state index in [1.807, 2.05) is 4.98 Å². The quantitative estimate of drug-likeness (QED) is 0.495. The Morgan fingerprint density at radius 3 is 2.61 bits per heavy atom. The van der Waals surface area contributed by atoms with Crippen molar-refractivity contribution >= 4 is 15.9 Å². The maximum atomic E-state index is 11.6. The fraction of sp³-hybridized carbons (Fsp3) is 0.556. The van der Waals surface area contributed by atoms with Gasteiger partial charge in [-0.05, 0) is 15.9 Å². The Balaban J connectivity index is 2.42. The molecule has 18 heavy (non-hydrogen) atoms. The largest absolute Gasteiger partial charge is 0.394 e. The summed E-state index contributed by atoms with van der Waals surface area (Å²) in [6, 6.07) is 0. The van der Waals surface area contributed by atoms with Crippen LogP contribution in [-0.2, 0) is 4.74 Å². The van der Waals surface area contributed by atoms with Crippen LogP contribution >= 0.6 is 15.9 Å². The maximum Gasteiger partial charge on any atom is 0.330 e. The molecule has 1 aromatic heterocycles. The average Bonchev–Trinajstić information content (AvgIpc) is 2.61. The van der Waals surface area contributed by atoms with E-state index in [2.05, 4.69) is 15.9 Å². The zero-order valence-corrected chi connectivity index (χ0v) is 10.6. The summed E-state index contributed by atoms with van der Waals surface area (Å²) >= 11 is 2.94. The molecule has 4 atom stereocenters. The van der Waals surface area contributed by atoms with E-state index in [-0.39, 0.29) is 4.47 Å². The monoisotopic (exact) mass is 322 g/mol. The molecule has 0 aliphatic carbocycles. The Morgan fingerprint density at radius 1 is 1.39 bits per heavy atom. The van der Waals surface area contributed by atoms with Gasteiger partial charge in [0.2, 0.25) is 0 Å². The smallest absolute Gasteiger partial charge is 0.330 e. The van der Waals surface area contributed by atoms with Crippen LogP contribution in [0.15, 0.2) is 20.3 Å². The van der Waals surface area contributed by atoms with Crippen molar-refractivity contribution in [3.05, 3.63) is 31.5 Å². The number of hydrogen-bond acceptors (Lipinski definition) is 6. The third-order valence-corrected chi connectivity index (χ3v) is 3.28. The van der Waals surface area contributed by atoms with E-state index in [0.29, 0.717) is 0 Å². The van der Waals surface area contributed by atoms with E-state index in [0.717, 1.165) is 10.8 Å². The molecule has 1 aromatic rings. The lowest BCUT2D eigenvalue weighted by Crippen LogP contribution is -2.38. The summed E-state index contributed by atoms with van der Waals surface area (Å²) < 4.78 is 6.19. The average molecular weight is 323 g/mol. The van der Waals surface area contributed by atoms with Gasteiger partial charge >= 0.3 is 5.69 Å². The molecule has 2 rings (SSSR count). The molecule has 2 unspecified atom stereocenters. The lowest BCUT2D eigenvalue weighted by molar-refractivity contribution is -0.0551. The van der Waals surface area contributed by atoms with Crippen molar-refractivity contribution in [3.8, 4) is 0 Å². The third-order valence-electron chi connectivity index (χ3n) is 2.72. The van der Waals surface area contributed by atoms with Gasteiger partial charge in [-0.1, -0.05) is 0 Å². The van der Waals surface area contributed by atoms with E-state index in [1.165, 1.54) is 0 Å². The molecule has 1 aliphatic rings. The first-order valence-electron chi connectivity index (χ1n) is 5.09. The van der Waals surface area contributed by atoms with Crippen molar-refractivity contribution in [1.82, 2.24) is 9.55 Å². The number of ether oxygens (including phenoxy) is 1. The van der Waals surface area contributed by atoms with E-state index in [1.54, 1.807) is 0 Å². The molecule has 8 nitrogen and oxygen atoms in total. The molecule has 0 bridgehead atoms. The Hall–Kier alpha value is -1.00. The van der Waals surface area contributed by atoms with Crippen molar-refractivity contribution in [2.45, 2.75) is 24.5 Å². The number of halogens is 1. The molecular formula is C9H11BrN2O6. The highest BCUT2D eigenvalue weighted by Crippen LogP contribution is 2.28. The SMILES string of the molecule is O=c1[nH]c(=O)n([C@@H]2O[C@H](CO)C(O)C2O)cc1Br. The number of aliphatic hydroxyl groups excluding tert-OH is 3. The first kappa shape index (κ1) is 13.4. The summed E-state index contributed by atoms with van der Waals surface area (Å²) in [6.07, 6.45) is -3.68. The van der Waals surface area contributed by atoms with Crippen LogP contribution < -0.4 is 11.2 Å². The fourth-order valence-corrected chi connectivity index (χ4v) is 2.08. The first-order valence-corrected chi connectivity index (χ1v) is 5.88. The minimum absolute atomic E-state index is 0.0832. The van der Waals surface area contributed by atoms with Gasteiger partial charge < -0.3 is 20.1 Å². The van der Waals surface area contributed by atoms with Crippen LogP contribution in [0, 0.1) is 0 Å². The van der Waals surface area contributed by atoms with Crippen molar-refractivity contribution in [2.75, 3.05) is 6.61 Å². The zero-order chi connectivity index (χ0) is 13.4. The van der Waals surface area contributed by atoms with E-state index in [4.69, 9.17) is 9.84 Å². The van der Waals surface area contributed by atoms with Crippen LogP contribution in [0.3, 0.4) is 0 Å². The number of aromatic nitrogens is 2. The van der Waals surface area contributed by atoms with Gasteiger partial charge in [0.05, 0.1) is 11.1 Å². The Bertz CT molecular complexity index is 555. The van der Waals surface area contributed by atoms with Gasteiger partial charge in [0.1, 0.15) is 18.3 Å². The van der Waals surface area contributed by atoms with E-state index in [9.17, 15) is 19.8 Å². The second-order valence-corrected chi connectivity index (χ2v) is 4.73. The molecule has 1 aliphatic heterocycles. The van der Waals surface area contributed by atoms with Crippen LogP contribution in [0.25, 0.3) is 0 Å². The number of hydrogen-bond donors (Lipinski definition) is 4. The molecule has 0 saturated carbocycles. The van der Waals surface area contributed by atoms with Crippen molar-refractivity contribution < 1.29 is 20.1 Å². The molecule has 9 heteroatoms. The van der Waals surface area contributed by atoms with Gasteiger partial charge in [0.15, 0.2) is 6.23 Å². The third kappa shape index (κ3) is 2.15. The number of nitrogens with zero attached hydrogens (tertiary/aromatic N) is 1.